The minimum Gasteiger partial charge on any atom is -0.489 e. The van der Waals surface area contributed by atoms with Crippen molar-refractivity contribution in [3.63, 3.8) is 0 Å². The zero-order chi connectivity index (χ0) is 25.7. The van der Waals surface area contributed by atoms with Gasteiger partial charge < -0.3 is 14.4 Å². The van der Waals surface area contributed by atoms with Gasteiger partial charge in [-0.15, -0.1) is 11.3 Å². The van der Waals surface area contributed by atoms with Crippen LogP contribution in [-0.4, -0.2) is 45.3 Å². The van der Waals surface area contributed by atoms with Crippen LogP contribution in [0.4, 0.5) is 0 Å². The second-order valence-electron chi connectivity index (χ2n) is 8.95. The number of benzene rings is 2. The molecule has 0 radical (unpaired) electrons. The molecule has 0 aliphatic carbocycles. The van der Waals surface area contributed by atoms with Gasteiger partial charge in [-0.2, -0.15) is 5.10 Å². The molecule has 3 aromatic heterocycles. The Morgan fingerprint density at radius 2 is 1.95 bits per heavy atom. The van der Waals surface area contributed by atoms with E-state index in [0.717, 1.165) is 28.8 Å². The summed E-state index contributed by atoms with van der Waals surface area (Å²) in [5, 5.41) is 6.33. The lowest BCUT2D eigenvalue weighted by molar-refractivity contribution is 0.0733. The van der Waals surface area contributed by atoms with Crippen LogP contribution in [0.25, 0.3) is 16.8 Å². The molecule has 0 fully saturated rings. The van der Waals surface area contributed by atoms with Crippen LogP contribution in [0.3, 0.4) is 0 Å². The molecule has 2 aromatic carbocycles. The Bertz CT molecular complexity index is 1500. The molecule has 1 aliphatic rings. The third-order valence-corrected chi connectivity index (χ3v) is 7.39. The highest BCUT2D eigenvalue weighted by Gasteiger charge is 2.24. The number of rotatable bonds is 7. The van der Waals surface area contributed by atoms with E-state index in [0.29, 0.717) is 43.4 Å². The van der Waals surface area contributed by atoms with Gasteiger partial charge in [0.05, 0.1) is 18.8 Å². The van der Waals surface area contributed by atoms with Gasteiger partial charge >= 0.3 is 0 Å². The zero-order valence-corrected chi connectivity index (χ0v) is 21.5. The van der Waals surface area contributed by atoms with Crippen molar-refractivity contribution in [2.45, 2.75) is 13.0 Å². The van der Waals surface area contributed by atoms with E-state index in [1.54, 1.807) is 28.4 Å². The van der Waals surface area contributed by atoms with Crippen molar-refractivity contribution in [1.29, 1.82) is 0 Å². The first-order valence-corrected chi connectivity index (χ1v) is 13.4. The van der Waals surface area contributed by atoms with Crippen molar-refractivity contribution < 1.29 is 14.3 Å². The van der Waals surface area contributed by atoms with E-state index in [-0.39, 0.29) is 5.91 Å². The number of nitrogens with zero attached hydrogens (tertiary/aromatic N) is 4. The first-order chi connectivity index (χ1) is 18.7. The molecule has 1 amide bonds. The smallest absolute Gasteiger partial charge is 0.254 e. The van der Waals surface area contributed by atoms with Gasteiger partial charge in [-0.3, -0.25) is 9.78 Å². The van der Waals surface area contributed by atoms with Crippen molar-refractivity contribution in [2.24, 2.45) is 0 Å². The van der Waals surface area contributed by atoms with Crippen LogP contribution < -0.4 is 9.47 Å². The predicted molar refractivity (Wildman–Crippen MR) is 147 cm³/mol. The van der Waals surface area contributed by atoms with Crippen LogP contribution in [0.5, 0.6) is 11.5 Å². The normalized spacial score (nSPS) is 12.9. The molecule has 0 unspecified atom stereocenters. The third kappa shape index (κ3) is 5.17. The van der Waals surface area contributed by atoms with E-state index in [2.05, 4.69) is 33.7 Å². The number of hydrogen-bond donors (Lipinski definition) is 0. The molecule has 190 valence electrons. The van der Waals surface area contributed by atoms with E-state index in [4.69, 9.17) is 9.47 Å². The largest absolute Gasteiger partial charge is 0.489 e. The summed E-state index contributed by atoms with van der Waals surface area (Å²) in [7, 11) is 0. The Labute approximate surface area is 224 Å². The lowest BCUT2D eigenvalue weighted by Gasteiger charge is -2.21. The average molecular weight is 523 g/mol. The van der Waals surface area contributed by atoms with Crippen LogP contribution in [0.2, 0.25) is 0 Å². The summed E-state index contributed by atoms with van der Waals surface area (Å²) in [4.78, 5) is 20.9. The third-order valence-electron chi connectivity index (χ3n) is 6.45. The highest BCUT2D eigenvalue weighted by Crippen LogP contribution is 2.39. The number of ether oxygens (including phenoxy) is 2. The maximum atomic E-state index is 13.5. The van der Waals surface area contributed by atoms with Gasteiger partial charge in [0.15, 0.2) is 11.5 Å². The molecule has 5 aromatic rings. The molecule has 0 atom stereocenters. The van der Waals surface area contributed by atoms with Crippen LogP contribution in [0, 0.1) is 0 Å². The summed E-state index contributed by atoms with van der Waals surface area (Å²) in [6.07, 6.45) is 8.02. The monoisotopic (exact) mass is 522 g/mol. The van der Waals surface area contributed by atoms with E-state index in [1.807, 2.05) is 65.8 Å². The lowest BCUT2D eigenvalue weighted by atomic mass is 10.0. The van der Waals surface area contributed by atoms with Crippen LogP contribution in [0.15, 0.2) is 96.9 Å². The fourth-order valence-corrected chi connectivity index (χ4v) is 5.23. The van der Waals surface area contributed by atoms with Gasteiger partial charge in [0, 0.05) is 59.3 Å². The Morgan fingerprint density at radius 1 is 1.03 bits per heavy atom. The zero-order valence-electron chi connectivity index (χ0n) is 20.7. The summed E-state index contributed by atoms with van der Waals surface area (Å²) in [6, 6.07) is 21.5. The number of aromatic nitrogens is 3. The molecule has 0 N–H and O–H groups in total. The molecule has 0 spiro atoms. The van der Waals surface area contributed by atoms with Crippen molar-refractivity contribution >= 4 is 17.2 Å². The van der Waals surface area contributed by atoms with Crippen LogP contribution in [-0.2, 0) is 13.0 Å². The Morgan fingerprint density at radius 3 is 2.71 bits per heavy atom. The molecule has 1 aliphatic heterocycles. The second kappa shape index (κ2) is 10.9. The fourth-order valence-electron chi connectivity index (χ4n) is 4.54. The van der Waals surface area contributed by atoms with Gasteiger partial charge in [0.1, 0.15) is 6.61 Å². The highest BCUT2D eigenvalue weighted by molar-refractivity contribution is 7.09. The predicted octanol–water partition coefficient (Wildman–Crippen LogP) is 5.65. The Hall–Kier alpha value is -4.43. The number of pyridine rings is 1. The number of amides is 1. The van der Waals surface area contributed by atoms with Crippen LogP contribution in [0.1, 0.15) is 20.8 Å². The average Bonchev–Trinajstić information content (AvgIpc) is 3.65. The molecular formula is C30H26N4O3S. The highest BCUT2D eigenvalue weighted by atomic mass is 32.1. The number of fused-ring (bicyclic) bond motifs is 1. The molecule has 0 saturated carbocycles. The van der Waals surface area contributed by atoms with E-state index in [9.17, 15) is 4.79 Å². The maximum Gasteiger partial charge on any atom is 0.254 e. The van der Waals surface area contributed by atoms with Gasteiger partial charge in [-0.1, -0.05) is 12.1 Å². The maximum absolute atomic E-state index is 13.5. The standard InChI is InChI=1S/C30H26N4O3S/c35-30(22-6-8-26(9-7-22)34-13-3-12-32-34)33-14-16-37-29-25(21-33)18-24(23-4-1-11-31-20-23)19-28(29)36-15-10-27-5-2-17-38-27/h1-9,11-13,17-20H,10,14-16,21H2. The Kier molecular flexibility index (Phi) is 6.87. The van der Waals surface area contributed by atoms with Crippen molar-refractivity contribution in [3.8, 4) is 28.3 Å². The quantitative estimate of drug-likeness (QED) is 0.276. The molecule has 6 rings (SSSR count). The number of thiophene rings is 1. The van der Waals surface area contributed by atoms with Crippen molar-refractivity contribution in [3.05, 3.63) is 113 Å². The second-order valence-corrected chi connectivity index (χ2v) is 9.99. The summed E-state index contributed by atoms with van der Waals surface area (Å²) >= 11 is 1.72. The van der Waals surface area contributed by atoms with Crippen molar-refractivity contribution in [2.75, 3.05) is 19.8 Å². The van der Waals surface area contributed by atoms with Gasteiger partial charge in [0.25, 0.3) is 5.91 Å². The minimum absolute atomic E-state index is 0.0413. The molecule has 8 heteroatoms. The molecule has 4 heterocycles. The van der Waals surface area contributed by atoms with Gasteiger partial charge in [0.2, 0.25) is 0 Å². The van der Waals surface area contributed by atoms with E-state index in [1.165, 1.54) is 4.88 Å². The van der Waals surface area contributed by atoms with Gasteiger partial charge in [-0.25, -0.2) is 4.68 Å². The van der Waals surface area contributed by atoms with Gasteiger partial charge in [-0.05, 0) is 65.5 Å². The molecule has 0 bridgehead atoms. The molecule has 7 nitrogen and oxygen atoms in total. The van der Waals surface area contributed by atoms with E-state index >= 15 is 0 Å². The summed E-state index contributed by atoms with van der Waals surface area (Å²) in [6.45, 7) is 1.82. The molecule has 0 saturated heterocycles. The van der Waals surface area contributed by atoms with Crippen molar-refractivity contribution in [1.82, 2.24) is 19.7 Å². The SMILES string of the molecule is O=C(c1ccc(-n2cccn2)cc1)N1CCOc2c(cc(-c3cccnc3)cc2OCCc2cccs2)C1. The summed E-state index contributed by atoms with van der Waals surface area (Å²) < 4.78 is 14.2. The Balaban J connectivity index is 1.27. The first kappa shape index (κ1) is 23.9. The lowest BCUT2D eigenvalue weighted by Crippen LogP contribution is -2.32. The number of hydrogen-bond acceptors (Lipinski definition) is 6. The fraction of sp³-hybridized carbons (Fsp3) is 0.167. The number of carbonyl (C=O) groups excluding carboxylic acids is 1. The summed E-state index contributed by atoms with van der Waals surface area (Å²) in [5.74, 6) is 1.35. The van der Waals surface area contributed by atoms with E-state index < -0.39 is 0 Å². The number of carbonyl (C=O) groups is 1. The molecule has 38 heavy (non-hydrogen) atoms. The minimum atomic E-state index is -0.0413. The summed E-state index contributed by atoms with van der Waals surface area (Å²) in [5.41, 5.74) is 4.40. The topological polar surface area (TPSA) is 69.5 Å². The first-order valence-electron chi connectivity index (χ1n) is 12.5. The molecular weight excluding hydrogens is 496 g/mol. The van der Waals surface area contributed by atoms with Crippen LogP contribution >= 0.6 is 11.3 Å².